The molecule has 1 fully saturated rings. The minimum atomic E-state index is -0.139. The van der Waals surface area contributed by atoms with E-state index in [0.29, 0.717) is 12.6 Å². The summed E-state index contributed by atoms with van der Waals surface area (Å²) in [6.45, 7) is 7.06. The lowest BCUT2D eigenvalue weighted by atomic mass is 9.85. The van der Waals surface area contributed by atoms with E-state index in [4.69, 9.17) is 10.5 Å². The Labute approximate surface area is 88.2 Å². The van der Waals surface area contributed by atoms with E-state index in [2.05, 4.69) is 20.8 Å². The van der Waals surface area contributed by atoms with Gasteiger partial charge in [-0.25, -0.2) is 0 Å². The first kappa shape index (κ1) is 12.0. The minimum Gasteiger partial charge on any atom is -0.371 e. The standard InChI is InChI=1S/C12H25NO/c1-4-10-6-5-7-11(8-10)14-12(2,3)9-13/h10-11H,4-9,13H2,1-3H3. The zero-order valence-electron chi connectivity index (χ0n) is 9.88. The highest BCUT2D eigenvalue weighted by Gasteiger charge is 2.26. The van der Waals surface area contributed by atoms with Gasteiger partial charge in [-0.15, -0.1) is 0 Å². The number of hydrogen-bond donors (Lipinski definition) is 1. The van der Waals surface area contributed by atoms with Gasteiger partial charge in [0.05, 0.1) is 11.7 Å². The normalized spacial score (nSPS) is 29.1. The Balaban J connectivity index is 2.37. The zero-order chi connectivity index (χ0) is 10.6. The van der Waals surface area contributed by atoms with Gasteiger partial charge < -0.3 is 10.5 Å². The van der Waals surface area contributed by atoms with Gasteiger partial charge in [-0.05, 0) is 32.6 Å². The van der Waals surface area contributed by atoms with Crippen LogP contribution in [0.4, 0.5) is 0 Å². The summed E-state index contributed by atoms with van der Waals surface area (Å²) in [6.07, 6.45) is 6.92. The first-order chi connectivity index (χ1) is 6.57. The van der Waals surface area contributed by atoms with Gasteiger partial charge in [0, 0.05) is 6.54 Å². The summed E-state index contributed by atoms with van der Waals surface area (Å²) in [5.74, 6) is 0.877. The fourth-order valence-electron chi connectivity index (χ4n) is 2.22. The lowest BCUT2D eigenvalue weighted by molar-refractivity contribution is -0.0865. The number of rotatable bonds is 4. The van der Waals surface area contributed by atoms with Gasteiger partial charge in [0.25, 0.3) is 0 Å². The van der Waals surface area contributed by atoms with E-state index in [1.165, 1.54) is 32.1 Å². The molecule has 0 radical (unpaired) electrons. The zero-order valence-corrected chi connectivity index (χ0v) is 9.88. The van der Waals surface area contributed by atoms with Gasteiger partial charge in [0.2, 0.25) is 0 Å². The first-order valence-electron chi connectivity index (χ1n) is 5.95. The third-order valence-electron chi connectivity index (χ3n) is 3.29. The fraction of sp³-hybridized carbons (Fsp3) is 1.00. The van der Waals surface area contributed by atoms with E-state index in [1.807, 2.05) is 0 Å². The summed E-state index contributed by atoms with van der Waals surface area (Å²) in [5, 5.41) is 0. The topological polar surface area (TPSA) is 35.2 Å². The Morgan fingerprint density at radius 1 is 1.36 bits per heavy atom. The SMILES string of the molecule is CCC1CCCC(OC(C)(C)CN)C1. The highest BCUT2D eigenvalue weighted by Crippen LogP contribution is 2.30. The van der Waals surface area contributed by atoms with Crippen LogP contribution in [0.3, 0.4) is 0 Å². The molecule has 2 unspecified atom stereocenters. The molecular formula is C12H25NO. The van der Waals surface area contributed by atoms with Crippen molar-refractivity contribution in [3.05, 3.63) is 0 Å². The van der Waals surface area contributed by atoms with Gasteiger partial charge >= 0.3 is 0 Å². The van der Waals surface area contributed by atoms with Crippen LogP contribution >= 0.6 is 0 Å². The molecule has 2 nitrogen and oxygen atoms in total. The fourth-order valence-corrected chi connectivity index (χ4v) is 2.22. The average molecular weight is 199 g/mol. The van der Waals surface area contributed by atoms with E-state index in [0.717, 1.165) is 5.92 Å². The maximum atomic E-state index is 6.04. The minimum absolute atomic E-state index is 0.139. The molecule has 0 bridgehead atoms. The summed E-state index contributed by atoms with van der Waals surface area (Å²) < 4.78 is 6.04. The maximum absolute atomic E-state index is 6.04. The average Bonchev–Trinajstić information content (AvgIpc) is 2.17. The largest absolute Gasteiger partial charge is 0.371 e. The lowest BCUT2D eigenvalue weighted by Crippen LogP contribution is -2.39. The van der Waals surface area contributed by atoms with Gasteiger partial charge in [-0.1, -0.05) is 26.2 Å². The molecule has 0 aliphatic heterocycles. The molecule has 0 aromatic heterocycles. The second-order valence-electron chi connectivity index (χ2n) is 5.14. The van der Waals surface area contributed by atoms with Gasteiger partial charge in [0.15, 0.2) is 0 Å². The van der Waals surface area contributed by atoms with E-state index in [9.17, 15) is 0 Å². The molecule has 14 heavy (non-hydrogen) atoms. The predicted molar refractivity (Wildman–Crippen MR) is 60.3 cm³/mol. The third-order valence-corrected chi connectivity index (χ3v) is 3.29. The molecule has 1 saturated carbocycles. The Kier molecular flexibility index (Phi) is 4.39. The number of nitrogens with two attached hydrogens (primary N) is 1. The van der Waals surface area contributed by atoms with Crippen molar-refractivity contribution in [2.24, 2.45) is 11.7 Å². The van der Waals surface area contributed by atoms with Crippen molar-refractivity contribution >= 4 is 0 Å². The van der Waals surface area contributed by atoms with Crippen LogP contribution in [0.2, 0.25) is 0 Å². The Hall–Kier alpha value is -0.0800. The molecule has 1 aliphatic carbocycles. The Morgan fingerprint density at radius 2 is 2.07 bits per heavy atom. The second-order valence-corrected chi connectivity index (χ2v) is 5.14. The molecule has 84 valence electrons. The summed E-state index contributed by atoms with van der Waals surface area (Å²) >= 11 is 0. The van der Waals surface area contributed by atoms with Gasteiger partial charge in [-0.2, -0.15) is 0 Å². The smallest absolute Gasteiger partial charge is 0.0751 e. The molecule has 0 aromatic rings. The molecule has 0 heterocycles. The van der Waals surface area contributed by atoms with Gasteiger partial charge in [0.1, 0.15) is 0 Å². The van der Waals surface area contributed by atoms with Crippen molar-refractivity contribution in [2.45, 2.75) is 64.6 Å². The quantitative estimate of drug-likeness (QED) is 0.755. The lowest BCUT2D eigenvalue weighted by Gasteiger charge is -2.34. The van der Waals surface area contributed by atoms with Crippen LogP contribution in [0.15, 0.2) is 0 Å². The second kappa shape index (κ2) is 5.13. The van der Waals surface area contributed by atoms with Crippen molar-refractivity contribution in [2.75, 3.05) is 6.54 Å². The van der Waals surface area contributed by atoms with Crippen LogP contribution < -0.4 is 5.73 Å². The number of hydrogen-bond acceptors (Lipinski definition) is 2. The summed E-state index contributed by atoms with van der Waals surface area (Å²) in [4.78, 5) is 0. The highest BCUT2D eigenvalue weighted by atomic mass is 16.5. The van der Waals surface area contributed by atoms with Gasteiger partial charge in [-0.3, -0.25) is 0 Å². The van der Waals surface area contributed by atoms with Crippen molar-refractivity contribution in [1.82, 2.24) is 0 Å². The van der Waals surface area contributed by atoms with E-state index < -0.39 is 0 Å². The molecule has 0 aromatic carbocycles. The van der Waals surface area contributed by atoms with Crippen molar-refractivity contribution in [1.29, 1.82) is 0 Å². The Bertz CT molecular complexity index is 168. The molecule has 2 atom stereocenters. The highest BCUT2D eigenvalue weighted by molar-refractivity contribution is 4.77. The van der Waals surface area contributed by atoms with Crippen molar-refractivity contribution < 1.29 is 4.74 Å². The predicted octanol–water partition coefficient (Wildman–Crippen LogP) is 2.71. The molecule has 2 N–H and O–H groups in total. The first-order valence-corrected chi connectivity index (χ1v) is 5.95. The summed E-state index contributed by atoms with van der Waals surface area (Å²) in [7, 11) is 0. The summed E-state index contributed by atoms with van der Waals surface area (Å²) in [5.41, 5.74) is 5.53. The third kappa shape index (κ3) is 3.58. The Morgan fingerprint density at radius 3 is 2.64 bits per heavy atom. The van der Waals surface area contributed by atoms with Crippen molar-refractivity contribution in [3.8, 4) is 0 Å². The van der Waals surface area contributed by atoms with Crippen LogP contribution in [0.25, 0.3) is 0 Å². The molecular weight excluding hydrogens is 174 g/mol. The van der Waals surface area contributed by atoms with E-state index >= 15 is 0 Å². The van der Waals surface area contributed by atoms with E-state index in [-0.39, 0.29) is 5.60 Å². The molecule has 2 heteroatoms. The number of ether oxygens (including phenoxy) is 1. The van der Waals surface area contributed by atoms with Crippen LogP contribution in [0.5, 0.6) is 0 Å². The molecule has 0 amide bonds. The molecule has 0 spiro atoms. The van der Waals surface area contributed by atoms with Crippen LogP contribution in [0, 0.1) is 5.92 Å². The molecule has 1 rings (SSSR count). The van der Waals surface area contributed by atoms with Crippen LogP contribution in [-0.4, -0.2) is 18.2 Å². The van der Waals surface area contributed by atoms with Crippen LogP contribution in [-0.2, 0) is 4.74 Å². The maximum Gasteiger partial charge on any atom is 0.0751 e. The van der Waals surface area contributed by atoms with E-state index in [1.54, 1.807) is 0 Å². The summed E-state index contributed by atoms with van der Waals surface area (Å²) in [6, 6.07) is 0. The van der Waals surface area contributed by atoms with Crippen molar-refractivity contribution in [3.63, 3.8) is 0 Å². The molecule has 1 aliphatic rings. The van der Waals surface area contributed by atoms with Crippen LogP contribution in [0.1, 0.15) is 52.9 Å². The molecule has 0 saturated heterocycles. The monoisotopic (exact) mass is 199 g/mol.